The van der Waals surface area contributed by atoms with Crippen molar-refractivity contribution in [3.05, 3.63) is 117 Å². The summed E-state index contributed by atoms with van der Waals surface area (Å²) >= 11 is 3.45. The molecule has 0 spiro atoms. The van der Waals surface area contributed by atoms with Crippen LogP contribution in [0.3, 0.4) is 0 Å². The SMILES string of the molecule is CCOc1cc([C@H]2NC(=O)NC(C)=C2C(=O)OC)ccc1OC[C@@H](O)N/N=C/c1cc(C)n(-c2ccc(OCc3ccc(Br)cc3)cc2)c1C. The fourth-order valence-corrected chi connectivity index (χ4v) is 5.83. The fraction of sp³-hybridized carbons (Fsp3) is 0.270. The molecule has 2 atom stereocenters. The van der Waals surface area contributed by atoms with Crippen LogP contribution in [-0.2, 0) is 16.1 Å². The number of nitrogens with one attached hydrogen (secondary N) is 3. The molecule has 4 N–H and O–H groups in total. The van der Waals surface area contributed by atoms with E-state index >= 15 is 0 Å². The highest BCUT2D eigenvalue weighted by Crippen LogP contribution is 2.35. The minimum atomic E-state index is -1.13. The number of hydrogen-bond acceptors (Lipinski definition) is 9. The molecule has 0 unspecified atom stereocenters. The molecule has 0 saturated heterocycles. The molecule has 1 aliphatic rings. The number of amides is 2. The van der Waals surface area contributed by atoms with Crippen molar-refractivity contribution in [2.75, 3.05) is 20.3 Å². The smallest absolute Gasteiger partial charge is 0.337 e. The number of benzene rings is 3. The van der Waals surface area contributed by atoms with Crippen LogP contribution in [0.1, 0.15) is 48.0 Å². The zero-order valence-electron chi connectivity index (χ0n) is 28.5. The summed E-state index contributed by atoms with van der Waals surface area (Å²) in [6, 6.07) is 21.8. The van der Waals surface area contributed by atoms with E-state index in [2.05, 4.69) is 41.7 Å². The second-order valence-electron chi connectivity index (χ2n) is 11.5. The standard InChI is InChI=1S/C37H40BrN5O7/c1-6-48-32-18-26(35-34(36(45)47-5)23(3)40-37(46)41-35)9-16-31(32)50-21-33(44)42-39-19-27-17-22(2)43(24(27)4)29-12-14-30(15-13-29)49-20-25-7-10-28(38)11-8-25/h7-19,33,35,42,44H,6,20-21H2,1-5H3,(H2,40,41,46)/b39-19+/t33-,35-/m1/s1. The first-order valence-corrected chi connectivity index (χ1v) is 16.8. The topological polar surface area (TPSA) is 145 Å². The van der Waals surface area contributed by atoms with E-state index in [4.69, 9.17) is 18.9 Å². The molecule has 0 radical (unpaired) electrons. The Balaban J connectivity index is 1.19. The minimum Gasteiger partial charge on any atom is -0.490 e. The summed E-state index contributed by atoms with van der Waals surface area (Å²) in [6.07, 6.45) is 0.522. The number of urea groups is 1. The van der Waals surface area contributed by atoms with Crippen LogP contribution in [0.25, 0.3) is 5.69 Å². The lowest BCUT2D eigenvalue weighted by molar-refractivity contribution is -0.136. The number of halogens is 1. The summed E-state index contributed by atoms with van der Waals surface area (Å²) in [4.78, 5) is 24.7. The average molecular weight is 747 g/mol. The number of aliphatic hydroxyl groups is 1. The number of rotatable bonds is 14. The molecule has 1 aromatic heterocycles. The summed E-state index contributed by atoms with van der Waals surface area (Å²) in [6.45, 7) is 8.17. The monoisotopic (exact) mass is 745 g/mol. The third-order valence-corrected chi connectivity index (χ3v) is 8.51. The highest BCUT2D eigenvalue weighted by atomic mass is 79.9. The van der Waals surface area contributed by atoms with Gasteiger partial charge in [0.2, 0.25) is 0 Å². The largest absolute Gasteiger partial charge is 0.490 e. The lowest BCUT2D eigenvalue weighted by Crippen LogP contribution is -2.45. The van der Waals surface area contributed by atoms with E-state index in [-0.39, 0.29) is 12.2 Å². The molecular weight excluding hydrogens is 706 g/mol. The van der Waals surface area contributed by atoms with Crippen molar-refractivity contribution in [2.45, 2.75) is 46.6 Å². The molecule has 3 aromatic carbocycles. The molecule has 0 saturated carbocycles. The Morgan fingerprint density at radius 2 is 1.76 bits per heavy atom. The Kier molecular flexibility index (Phi) is 11.8. The number of methoxy groups -OCH3 is 1. The second kappa shape index (κ2) is 16.4. The first-order chi connectivity index (χ1) is 24.1. The van der Waals surface area contributed by atoms with Crippen LogP contribution in [0.5, 0.6) is 17.2 Å². The van der Waals surface area contributed by atoms with Crippen molar-refractivity contribution in [3.8, 4) is 22.9 Å². The van der Waals surface area contributed by atoms with Gasteiger partial charge in [0.05, 0.1) is 31.5 Å². The first kappa shape index (κ1) is 36.0. The molecule has 1 aliphatic heterocycles. The van der Waals surface area contributed by atoms with Crippen LogP contribution in [0.2, 0.25) is 0 Å². The van der Waals surface area contributed by atoms with Crippen LogP contribution in [0, 0.1) is 13.8 Å². The second-order valence-corrected chi connectivity index (χ2v) is 12.4. The summed E-state index contributed by atoms with van der Waals surface area (Å²) in [5.74, 6) is 0.963. The number of aryl methyl sites for hydroxylation is 1. The van der Waals surface area contributed by atoms with E-state index in [0.29, 0.717) is 36.0 Å². The fourth-order valence-electron chi connectivity index (χ4n) is 5.57. The van der Waals surface area contributed by atoms with Crippen molar-refractivity contribution in [1.29, 1.82) is 0 Å². The van der Waals surface area contributed by atoms with Crippen molar-refractivity contribution in [2.24, 2.45) is 5.10 Å². The van der Waals surface area contributed by atoms with E-state index < -0.39 is 24.3 Å². The maximum absolute atomic E-state index is 12.5. The number of aliphatic hydroxyl groups excluding tert-OH is 1. The molecule has 2 heterocycles. The predicted molar refractivity (Wildman–Crippen MR) is 193 cm³/mol. The average Bonchev–Trinajstić information content (AvgIpc) is 3.38. The molecule has 0 bridgehead atoms. The van der Waals surface area contributed by atoms with Gasteiger partial charge in [0.15, 0.2) is 17.7 Å². The molecule has 13 heteroatoms. The number of carbonyl (C=O) groups is 2. The van der Waals surface area contributed by atoms with Gasteiger partial charge in [0, 0.05) is 32.8 Å². The molecule has 2 amide bonds. The number of hydrazone groups is 1. The molecule has 5 rings (SSSR count). The summed E-state index contributed by atoms with van der Waals surface area (Å²) < 4.78 is 25.7. The Labute approximate surface area is 299 Å². The van der Waals surface area contributed by atoms with Gasteiger partial charge in [-0.05, 0) is 93.4 Å². The zero-order valence-corrected chi connectivity index (χ0v) is 30.0. The Bertz CT molecular complexity index is 1890. The van der Waals surface area contributed by atoms with Gasteiger partial charge in [-0.15, -0.1) is 0 Å². The number of hydrogen-bond donors (Lipinski definition) is 4. The highest BCUT2D eigenvalue weighted by molar-refractivity contribution is 9.10. The molecule has 12 nitrogen and oxygen atoms in total. The third-order valence-electron chi connectivity index (χ3n) is 7.98. The summed E-state index contributed by atoms with van der Waals surface area (Å²) in [5.41, 5.74) is 8.93. The minimum absolute atomic E-state index is 0.136. The summed E-state index contributed by atoms with van der Waals surface area (Å²) in [5, 5.41) is 20.2. The number of allylic oxidation sites excluding steroid dienone is 1. The Hall–Kier alpha value is -5.27. The molecule has 0 fully saturated rings. The summed E-state index contributed by atoms with van der Waals surface area (Å²) in [7, 11) is 1.28. The number of aromatic nitrogens is 1. The number of nitrogens with zero attached hydrogens (tertiary/aromatic N) is 2. The van der Waals surface area contributed by atoms with E-state index in [1.165, 1.54) is 7.11 Å². The third kappa shape index (κ3) is 8.65. The van der Waals surface area contributed by atoms with Gasteiger partial charge < -0.3 is 39.3 Å². The van der Waals surface area contributed by atoms with Crippen LogP contribution < -0.4 is 30.3 Å². The highest BCUT2D eigenvalue weighted by Gasteiger charge is 2.32. The van der Waals surface area contributed by atoms with Gasteiger partial charge in [-0.3, -0.25) is 5.43 Å². The van der Waals surface area contributed by atoms with Crippen molar-refractivity contribution in [3.63, 3.8) is 0 Å². The molecular formula is C37H40BrN5O7. The number of esters is 1. The lowest BCUT2D eigenvalue weighted by atomic mass is 9.95. The maximum atomic E-state index is 12.5. The molecule has 262 valence electrons. The van der Waals surface area contributed by atoms with E-state index in [1.807, 2.05) is 75.4 Å². The van der Waals surface area contributed by atoms with Crippen molar-refractivity contribution in [1.82, 2.24) is 20.6 Å². The predicted octanol–water partition coefficient (Wildman–Crippen LogP) is 5.96. The van der Waals surface area contributed by atoms with Crippen molar-refractivity contribution >= 4 is 34.1 Å². The Morgan fingerprint density at radius 1 is 1.02 bits per heavy atom. The van der Waals surface area contributed by atoms with Gasteiger partial charge in [0.25, 0.3) is 0 Å². The van der Waals surface area contributed by atoms with Crippen LogP contribution in [0.15, 0.2) is 93.6 Å². The molecule has 50 heavy (non-hydrogen) atoms. The number of ether oxygens (including phenoxy) is 4. The van der Waals surface area contributed by atoms with Gasteiger partial charge in [-0.1, -0.05) is 34.1 Å². The van der Waals surface area contributed by atoms with Gasteiger partial charge in [0.1, 0.15) is 19.0 Å². The number of carbonyl (C=O) groups excluding carboxylic acids is 2. The zero-order chi connectivity index (χ0) is 35.8. The van der Waals surface area contributed by atoms with E-state index in [0.717, 1.165) is 38.4 Å². The normalized spacial score (nSPS) is 14.9. The lowest BCUT2D eigenvalue weighted by Gasteiger charge is -2.28. The quantitative estimate of drug-likeness (QED) is 0.0536. The molecule has 0 aliphatic carbocycles. The van der Waals surface area contributed by atoms with Crippen molar-refractivity contribution < 1.29 is 33.6 Å². The van der Waals surface area contributed by atoms with Crippen LogP contribution in [-0.4, -0.2) is 54.4 Å². The Morgan fingerprint density at radius 3 is 2.46 bits per heavy atom. The molecule has 4 aromatic rings. The van der Waals surface area contributed by atoms with Gasteiger partial charge in [-0.25, -0.2) is 9.59 Å². The maximum Gasteiger partial charge on any atom is 0.337 e. The van der Waals surface area contributed by atoms with E-state index in [1.54, 1.807) is 31.3 Å². The first-order valence-electron chi connectivity index (χ1n) is 16.0. The van der Waals surface area contributed by atoms with E-state index in [9.17, 15) is 14.7 Å². The van der Waals surface area contributed by atoms with Crippen LogP contribution >= 0.6 is 15.9 Å². The van der Waals surface area contributed by atoms with Gasteiger partial charge >= 0.3 is 12.0 Å². The van der Waals surface area contributed by atoms with Gasteiger partial charge in [-0.2, -0.15) is 5.10 Å². The van der Waals surface area contributed by atoms with Crippen LogP contribution in [0.4, 0.5) is 4.79 Å².